The molecule has 1 amide bonds. The summed E-state index contributed by atoms with van der Waals surface area (Å²) in [5.74, 6) is -0.580. The summed E-state index contributed by atoms with van der Waals surface area (Å²) in [6.45, 7) is 5.25. The highest BCUT2D eigenvalue weighted by atomic mass is 16.5. The van der Waals surface area contributed by atoms with E-state index in [2.05, 4.69) is 5.10 Å². The molecule has 0 aliphatic carbocycles. The van der Waals surface area contributed by atoms with Crippen LogP contribution in [0.15, 0.2) is 60.3 Å². The number of aliphatic hydroxyl groups excluding tert-OH is 1. The van der Waals surface area contributed by atoms with E-state index in [1.54, 1.807) is 22.9 Å². The van der Waals surface area contributed by atoms with E-state index in [1.807, 2.05) is 63.2 Å². The zero-order valence-electron chi connectivity index (χ0n) is 22.5. The number of para-hydroxylation sites is 1. The van der Waals surface area contributed by atoms with Gasteiger partial charge in [-0.3, -0.25) is 9.59 Å². The lowest BCUT2D eigenvalue weighted by atomic mass is 9.95. The van der Waals surface area contributed by atoms with Crippen LogP contribution in [0, 0.1) is 6.92 Å². The molecule has 1 aromatic heterocycles. The molecule has 9 nitrogen and oxygen atoms in total. The molecule has 1 saturated heterocycles. The molecule has 0 spiro atoms. The number of carbonyl (C=O) groups is 2. The summed E-state index contributed by atoms with van der Waals surface area (Å²) in [7, 11) is 5.45. The van der Waals surface area contributed by atoms with Crippen LogP contribution in [0.5, 0.6) is 11.5 Å². The third kappa shape index (κ3) is 5.15. The number of hydrogen-bond donors (Lipinski definition) is 1. The van der Waals surface area contributed by atoms with Gasteiger partial charge in [-0.1, -0.05) is 24.3 Å². The van der Waals surface area contributed by atoms with Gasteiger partial charge in [0.2, 0.25) is 0 Å². The van der Waals surface area contributed by atoms with E-state index in [0.717, 1.165) is 12.2 Å². The molecule has 3 aromatic rings. The monoisotopic (exact) mass is 518 g/mol. The molecule has 2 aromatic carbocycles. The van der Waals surface area contributed by atoms with E-state index in [4.69, 9.17) is 9.47 Å². The molecule has 0 bridgehead atoms. The van der Waals surface area contributed by atoms with E-state index in [1.165, 1.54) is 18.2 Å². The summed E-state index contributed by atoms with van der Waals surface area (Å²) < 4.78 is 12.9. The molecule has 1 unspecified atom stereocenters. The van der Waals surface area contributed by atoms with Gasteiger partial charge in [-0.25, -0.2) is 4.68 Å². The highest BCUT2D eigenvalue weighted by molar-refractivity contribution is 6.46. The molecule has 1 atom stereocenters. The number of amides is 1. The van der Waals surface area contributed by atoms with E-state index in [-0.39, 0.29) is 11.3 Å². The number of nitrogens with zero attached hydrogens (tertiary/aromatic N) is 4. The Hall–Kier alpha value is -4.11. The molecule has 1 N–H and O–H groups in total. The number of likely N-dealkylation sites (tertiary alicyclic amines) is 1. The molecule has 0 saturated carbocycles. The first-order valence-corrected chi connectivity index (χ1v) is 12.6. The number of rotatable bonds is 10. The number of ether oxygens (including phenoxy) is 2. The lowest BCUT2D eigenvalue weighted by Crippen LogP contribution is -2.32. The minimum Gasteiger partial charge on any atom is -0.507 e. The molecule has 1 fully saturated rings. The van der Waals surface area contributed by atoms with Gasteiger partial charge >= 0.3 is 0 Å². The van der Waals surface area contributed by atoms with Gasteiger partial charge in [-0.05, 0) is 70.7 Å². The molecule has 1 aliphatic heterocycles. The zero-order valence-corrected chi connectivity index (χ0v) is 22.5. The maximum Gasteiger partial charge on any atom is 0.295 e. The van der Waals surface area contributed by atoms with Crippen LogP contribution in [0.2, 0.25) is 0 Å². The fourth-order valence-corrected chi connectivity index (χ4v) is 4.76. The second kappa shape index (κ2) is 11.5. The number of aliphatic hydroxyl groups is 1. The van der Waals surface area contributed by atoms with Crippen molar-refractivity contribution in [1.29, 1.82) is 0 Å². The average molecular weight is 519 g/mol. The second-order valence-corrected chi connectivity index (χ2v) is 9.38. The molecule has 9 heteroatoms. The second-order valence-electron chi connectivity index (χ2n) is 9.38. The van der Waals surface area contributed by atoms with Crippen molar-refractivity contribution >= 4 is 17.4 Å². The van der Waals surface area contributed by atoms with Crippen molar-refractivity contribution in [3.05, 3.63) is 77.1 Å². The number of hydrogen-bond acceptors (Lipinski definition) is 7. The Morgan fingerprint density at radius 1 is 1.11 bits per heavy atom. The van der Waals surface area contributed by atoms with E-state index >= 15 is 0 Å². The summed E-state index contributed by atoms with van der Waals surface area (Å²) in [5.41, 5.74) is 2.53. The topological polar surface area (TPSA) is 97.1 Å². The highest BCUT2D eigenvalue weighted by Gasteiger charge is 2.46. The van der Waals surface area contributed by atoms with Crippen molar-refractivity contribution < 1.29 is 24.2 Å². The smallest absolute Gasteiger partial charge is 0.295 e. The van der Waals surface area contributed by atoms with E-state index < -0.39 is 17.7 Å². The molecule has 0 radical (unpaired) electrons. The Kier molecular flexibility index (Phi) is 8.16. The number of aromatic nitrogens is 2. The summed E-state index contributed by atoms with van der Waals surface area (Å²) in [6, 6.07) is 14.0. The number of Topliss-reactive ketones (excluding diaryl/α,β-unsaturated/α-hetero) is 1. The van der Waals surface area contributed by atoms with Crippen LogP contribution in [0.3, 0.4) is 0 Å². The third-order valence-corrected chi connectivity index (χ3v) is 6.61. The number of benzene rings is 2. The molecule has 4 rings (SSSR count). The maximum atomic E-state index is 13.4. The van der Waals surface area contributed by atoms with Crippen molar-refractivity contribution in [3.8, 4) is 17.2 Å². The van der Waals surface area contributed by atoms with Crippen molar-refractivity contribution in [2.24, 2.45) is 0 Å². The molecular formula is C29H34N4O5. The Labute approximate surface area is 222 Å². The van der Waals surface area contributed by atoms with Crippen LogP contribution >= 0.6 is 0 Å². The minimum atomic E-state index is -0.791. The van der Waals surface area contributed by atoms with Gasteiger partial charge in [0.15, 0.2) is 11.5 Å². The van der Waals surface area contributed by atoms with Crippen LogP contribution in [-0.4, -0.2) is 77.3 Å². The first-order valence-electron chi connectivity index (χ1n) is 12.6. The van der Waals surface area contributed by atoms with Gasteiger partial charge in [-0.2, -0.15) is 5.10 Å². The minimum absolute atomic E-state index is 0.0294. The van der Waals surface area contributed by atoms with Gasteiger partial charge in [0, 0.05) is 6.54 Å². The average Bonchev–Trinajstić information content (AvgIpc) is 3.41. The number of methoxy groups -OCH3 is 1. The predicted octanol–water partition coefficient (Wildman–Crippen LogP) is 3.96. The van der Waals surface area contributed by atoms with Gasteiger partial charge < -0.3 is 24.4 Å². The van der Waals surface area contributed by atoms with Crippen LogP contribution < -0.4 is 9.47 Å². The third-order valence-electron chi connectivity index (χ3n) is 6.61. The molecule has 2 heterocycles. The van der Waals surface area contributed by atoms with Crippen molar-refractivity contribution in [2.45, 2.75) is 26.3 Å². The van der Waals surface area contributed by atoms with E-state index in [9.17, 15) is 14.7 Å². The summed E-state index contributed by atoms with van der Waals surface area (Å²) >= 11 is 0. The zero-order chi connectivity index (χ0) is 27.4. The lowest BCUT2D eigenvalue weighted by molar-refractivity contribution is -0.139. The molecule has 1 aliphatic rings. The molecule has 200 valence electrons. The van der Waals surface area contributed by atoms with Crippen molar-refractivity contribution in [1.82, 2.24) is 19.6 Å². The SMILES string of the molecule is CCOc1ccc(C2/C(=C(\O)c3cnn(-c4ccccc4)c3C)C(=O)C(=O)N2CCCN(C)C)cc1OC. The number of carbonyl (C=O) groups excluding carboxylic acids is 2. The van der Waals surface area contributed by atoms with Crippen LogP contribution in [0.1, 0.15) is 36.2 Å². The first kappa shape index (κ1) is 26.9. The highest BCUT2D eigenvalue weighted by Crippen LogP contribution is 2.42. The summed E-state index contributed by atoms with van der Waals surface area (Å²) in [4.78, 5) is 30.3. The summed E-state index contributed by atoms with van der Waals surface area (Å²) in [6.07, 6.45) is 2.18. The molecular weight excluding hydrogens is 484 g/mol. The van der Waals surface area contributed by atoms with Crippen LogP contribution in [-0.2, 0) is 9.59 Å². The fourth-order valence-electron chi connectivity index (χ4n) is 4.76. The van der Waals surface area contributed by atoms with Crippen LogP contribution in [0.4, 0.5) is 0 Å². The fraction of sp³-hybridized carbons (Fsp3) is 0.345. The van der Waals surface area contributed by atoms with Gasteiger partial charge in [0.05, 0.1) is 48.5 Å². The Balaban J connectivity index is 1.84. The van der Waals surface area contributed by atoms with Crippen molar-refractivity contribution in [2.75, 3.05) is 40.9 Å². The summed E-state index contributed by atoms with van der Waals surface area (Å²) in [5, 5.41) is 16.0. The Bertz CT molecular complexity index is 1350. The Morgan fingerprint density at radius 3 is 2.50 bits per heavy atom. The normalized spacial score (nSPS) is 16.9. The van der Waals surface area contributed by atoms with E-state index in [0.29, 0.717) is 47.9 Å². The number of ketones is 1. The first-order chi connectivity index (χ1) is 18.3. The van der Waals surface area contributed by atoms with Gasteiger partial charge in [0.25, 0.3) is 11.7 Å². The lowest BCUT2D eigenvalue weighted by Gasteiger charge is -2.26. The Morgan fingerprint density at radius 2 is 1.84 bits per heavy atom. The standard InChI is InChI=1S/C29H34N4O5/c1-6-38-23-14-13-20(17-24(23)37-5)26-25(28(35)29(36)32(26)16-10-15-31(3)4)27(34)22-18-30-33(19(22)2)21-11-8-7-9-12-21/h7-9,11-14,17-18,26,34H,6,10,15-16H2,1-5H3/b27-25+. The van der Waals surface area contributed by atoms with Crippen molar-refractivity contribution in [3.63, 3.8) is 0 Å². The van der Waals surface area contributed by atoms with Gasteiger partial charge in [0.1, 0.15) is 5.76 Å². The van der Waals surface area contributed by atoms with Crippen LogP contribution in [0.25, 0.3) is 11.4 Å². The van der Waals surface area contributed by atoms with Gasteiger partial charge in [-0.15, -0.1) is 0 Å². The maximum absolute atomic E-state index is 13.4. The largest absolute Gasteiger partial charge is 0.507 e. The predicted molar refractivity (Wildman–Crippen MR) is 145 cm³/mol. The quantitative estimate of drug-likeness (QED) is 0.247. The molecule has 38 heavy (non-hydrogen) atoms.